The third kappa shape index (κ3) is 4.62. The Kier molecular flexibility index (Phi) is 6.11. The van der Waals surface area contributed by atoms with Crippen LogP contribution in [0, 0.1) is 11.8 Å². The van der Waals surface area contributed by atoms with Gasteiger partial charge in [0, 0.05) is 30.6 Å². The second-order valence-electron chi connectivity index (χ2n) is 7.47. The Bertz CT molecular complexity index is 582. The molecule has 2 fully saturated rings. The molecular weight excluding hydrogens is 312 g/mol. The molecule has 1 aromatic rings. The normalized spacial score (nSPS) is 19.6. The van der Waals surface area contributed by atoms with Crippen molar-refractivity contribution in [2.24, 2.45) is 11.8 Å². The number of nitrogens with zero attached hydrogens (tertiary/aromatic N) is 1. The highest BCUT2D eigenvalue weighted by molar-refractivity contribution is 5.92. The summed E-state index contributed by atoms with van der Waals surface area (Å²) in [5, 5.41) is 3.03. The van der Waals surface area contributed by atoms with Crippen molar-refractivity contribution >= 4 is 17.5 Å². The van der Waals surface area contributed by atoms with Gasteiger partial charge in [0.15, 0.2) is 0 Å². The van der Waals surface area contributed by atoms with Crippen molar-refractivity contribution in [3.05, 3.63) is 29.8 Å². The van der Waals surface area contributed by atoms with Crippen LogP contribution in [0.3, 0.4) is 0 Å². The minimum atomic E-state index is 0.0151. The molecule has 0 unspecified atom stereocenters. The summed E-state index contributed by atoms with van der Waals surface area (Å²) in [4.78, 5) is 27.1. The van der Waals surface area contributed by atoms with E-state index in [1.165, 1.54) is 24.8 Å². The molecule has 3 rings (SSSR count). The number of hydrogen-bond donors (Lipinski definition) is 1. The van der Waals surface area contributed by atoms with Gasteiger partial charge in [-0.25, -0.2) is 0 Å². The highest BCUT2D eigenvalue weighted by atomic mass is 16.2. The zero-order chi connectivity index (χ0) is 17.6. The van der Waals surface area contributed by atoms with Crippen LogP contribution in [0.1, 0.15) is 57.4 Å². The first kappa shape index (κ1) is 18.0. The predicted molar refractivity (Wildman–Crippen MR) is 100 cm³/mol. The van der Waals surface area contributed by atoms with Gasteiger partial charge >= 0.3 is 0 Å². The fraction of sp³-hybridized carbons (Fsp3) is 0.619. The van der Waals surface area contributed by atoms with Gasteiger partial charge in [0.05, 0.1) is 0 Å². The topological polar surface area (TPSA) is 49.4 Å². The Balaban J connectivity index is 1.47. The molecule has 2 aliphatic rings. The van der Waals surface area contributed by atoms with Crippen LogP contribution in [0.2, 0.25) is 0 Å². The summed E-state index contributed by atoms with van der Waals surface area (Å²) in [7, 11) is 0. The van der Waals surface area contributed by atoms with E-state index in [4.69, 9.17) is 0 Å². The summed E-state index contributed by atoms with van der Waals surface area (Å²) in [6.07, 6.45) is 8.29. The van der Waals surface area contributed by atoms with Crippen molar-refractivity contribution in [2.45, 2.75) is 58.3 Å². The Morgan fingerprint density at radius 3 is 2.20 bits per heavy atom. The number of carbonyl (C=O) groups excluding carboxylic acids is 2. The molecule has 136 valence electrons. The van der Waals surface area contributed by atoms with Crippen LogP contribution in [0.15, 0.2) is 24.3 Å². The van der Waals surface area contributed by atoms with Crippen molar-refractivity contribution in [1.82, 2.24) is 4.90 Å². The molecule has 4 heteroatoms. The second-order valence-corrected chi connectivity index (χ2v) is 7.47. The summed E-state index contributed by atoms with van der Waals surface area (Å²) in [6.45, 7) is 3.57. The van der Waals surface area contributed by atoms with Crippen LogP contribution in [0.5, 0.6) is 0 Å². The maximum Gasteiger partial charge on any atom is 0.227 e. The number of benzene rings is 1. The number of amides is 2. The lowest BCUT2D eigenvalue weighted by molar-refractivity contribution is -0.139. The minimum absolute atomic E-state index is 0.0151. The lowest BCUT2D eigenvalue weighted by atomic mass is 9.87. The van der Waals surface area contributed by atoms with Crippen molar-refractivity contribution in [3.8, 4) is 0 Å². The van der Waals surface area contributed by atoms with E-state index in [9.17, 15) is 9.59 Å². The van der Waals surface area contributed by atoms with E-state index in [-0.39, 0.29) is 17.7 Å². The molecule has 25 heavy (non-hydrogen) atoms. The van der Waals surface area contributed by atoms with E-state index in [1.54, 1.807) is 0 Å². The molecule has 0 aromatic heterocycles. The maximum atomic E-state index is 12.6. The zero-order valence-electron chi connectivity index (χ0n) is 15.3. The standard InChI is InChI=1S/C21H30N2O2/c1-2-16-8-10-19(11-9-16)22-20(24)17-12-14-23(15-13-17)21(25)18-6-4-3-5-7-18/h8-11,17-18H,2-7,12-15H2,1H3,(H,22,24). The van der Waals surface area contributed by atoms with Gasteiger partial charge in [-0.3, -0.25) is 9.59 Å². The number of rotatable bonds is 4. The third-order valence-electron chi connectivity index (χ3n) is 5.76. The Morgan fingerprint density at radius 2 is 1.60 bits per heavy atom. The van der Waals surface area contributed by atoms with Crippen LogP contribution < -0.4 is 5.32 Å². The van der Waals surface area contributed by atoms with Gasteiger partial charge in [0.25, 0.3) is 0 Å². The average Bonchev–Trinajstić information content (AvgIpc) is 2.69. The fourth-order valence-electron chi connectivity index (χ4n) is 4.04. The molecular formula is C21H30N2O2. The minimum Gasteiger partial charge on any atom is -0.342 e. The van der Waals surface area contributed by atoms with E-state index in [0.717, 1.165) is 50.9 Å². The zero-order valence-corrected chi connectivity index (χ0v) is 15.3. The van der Waals surface area contributed by atoms with Gasteiger partial charge in [-0.15, -0.1) is 0 Å². The molecule has 1 aliphatic carbocycles. The summed E-state index contributed by atoms with van der Waals surface area (Å²) in [5.74, 6) is 0.667. The summed E-state index contributed by atoms with van der Waals surface area (Å²) >= 11 is 0. The first-order valence-corrected chi connectivity index (χ1v) is 9.86. The highest BCUT2D eigenvalue weighted by Gasteiger charge is 2.31. The molecule has 1 aliphatic heterocycles. The van der Waals surface area contributed by atoms with E-state index in [1.807, 2.05) is 17.0 Å². The van der Waals surface area contributed by atoms with Crippen LogP contribution >= 0.6 is 0 Å². The third-order valence-corrected chi connectivity index (χ3v) is 5.76. The smallest absolute Gasteiger partial charge is 0.227 e. The molecule has 4 nitrogen and oxygen atoms in total. The predicted octanol–water partition coefficient (Wildman–Crippen LogP) is 4.01. The van der Waals surface area contributed by atoms with E-state index < -0.39 is 0 Å². The number of likely N-dealkylation sites (tertiary alicyclic amines) is 1. The van der Waals surface area contributed by atoms with Gasteiger partial charge in [0.2, 0.25) is 11.8 Å². The molecule has 0 radical (unpaired) electrons. The van der Waals surface area contributed by atoms with Crippen molar-refractivity contribution in [3.63, 3.8) is 0 Å². The molecule has 0 spiro atoms. The van der Waals surface area contributed by atoms with Gasteiger partial charge in [0.1, 0.15) is 0 Å². The van der Waals surface area contributed by atoms with E-state index in [0.29, 0.717) is 5.91 Å². The molecule has 0 atom stereocenters. The van der Waals surface area contributed by atoms with Crippen molar-refractivity contribution < 1.29 is 9.59 Å². The summed E-state index contributed by atoms with van der Waals surface area (Å²) < 4.78 is 0. The molecule has 1 saturated heterocycles. The Morgan fingerprint density at radius 1 is 0.960 bits per heavy atom. The van der Waals surface area contributed by atoms with Crippen molar-refractivity contribution in [2.75, 3.05) is 18.4 Å². The molecule has 0 bridgehead atoms. The first-order chi connectivity index (χ1) is 12.2. The van der Waals surface area contributed by atoms with Gasteiger partial charge in [-0.05, 0) is 49.8 Å². The molecule has 1 aromatic carbocycles. The Labute approximate surface area is 151 Å². The number of carbonyl (C=O) groups is 2. The highest BCUT2D eigenvalue weighted by Crippen LogP contribution is 2.28. The molecule has 1 N–H and O–H groups in total. The number of anilines is 1. The lowest BCUT2D eigenvalue weighted by Gasteiger charge is -2.34. The van der Waals surface area contributed by atoms with Gasteiger partial charge < -0.3 is 10.2 Å². The molecule has 1 heterocycles. The molecule has 2 amide bonds. The van der Waals surface area contributed by atoms with Gasteiger partial charge in [-0.2, -0.15) is 0 Å². The summed E-state index contributed by atoms with van der Waals surface area (Å²) in [6, 6.07) is 8.05. The van der Waals surface area contributed by atoms with Crippen LogP contribution in [0.4, 0.5) is 5.69 Å². The average molecular weight is 342 g/mol. The molecule has 1 saturated carbocycles. The second kappa shape index (κ2) is 8.50. The fourth-order valence-corrected chi connectivity index (χ4v) is 4.04. The Hall–Kier alpha value is -1.84. The lowest BCUT2D eigenvalue weighted by Crippen LogP contribution is -2.44. The SMILES string of the molecule is CCc1ccc(NC(=O)C2CCN(C(=O)C3CCCCC3)CC2)cc1. The van der Waals surface area contributed by atoms with E-state index in [2.05, 4.69) is 24.4 Å². The monoisotopic (exact) mass is 342 g/mol. The van der Waals surface area contributed by atoms with Crippen LogP contribution in [0.25, 0.3) is 0 Å². The van der Waals surface area contributed by atoms with Crippen LogP contribution in [-0.4, -0.2) is 29.8 Å². The van der Waals surface area contributed by atoms with Crippen molar-refractivity contribution in [1.29, 1.82) is 0 Å². The largest absolute Gasteiger partial charge is 0.342 e. The number of hydrogen-bond acceptors (Lipinski definition) is 2. The summed E-state index contributed by atoms with van der Waals surface area (Å²) in [5.41, 5.74) is 2.13. The van der Waals surface area contributed by atoms with Gasteiger partial charge in [-0.1, -0.05) is 38.3 Å². The van der Waals surface area contributed by atoms with Crippen LogP contribution in [-0.2, 0) is 16.0 Å². The quantitative estimate of drug-likeness (QED) is 0.899. The number of nitrogens with one attached hydrogen (secondary N) is 1. The maximum absolute atomic E-state index is 12.6. The number of aryl methyl sites for hydroxylation is 1. The first-order valence-electron chi connectivity index (χ1n) is 9.86. The number of piperidine rings is 1. The van der Waals surface area contributed by atoms with E-state index >= 15 is 0 Å².